The fraction of sp³-hybridized carbons (Fsp3) is 0.667. The van der Waals surface area contributed by atoms with Crippen molar-refractivity contribution in [2.45, 2.75) is 65.4 Å². The van der Waals surface area contributed by atoms with Crippen LogP contribution in [0.15, 0.2) is 47.3 Å². The van der Waals surface area contributed by atoms with Crippen LogP contribution in [-0.4, -0.2) is 29.5 Å². The zero-order valence-electron chi connectivity index (χ0n) is 18.4. The molecule has 0 fully saturated rings. The third-order valence-electron chi connectivity index (χ3n) is 8.77. The van der Waals surface area contributed by atoms with Crippen molar-refractivity contribution in [3.63, 3.8) is 0 Å². The van der Waals surface area contributed by atoms with E-state index in [0.717, 1.165) is 18.3 Å². The number of nitrogens with zero attached hydrogens (tertiary/aromatic N) is 1. The summed E-state index contributed by atoms with van der Waals surface area (Å²) in [7, 11) is 0. The van der Waals surface area contributed by atoms with Crippen molar-refractivity contribution in [3.05, 3.63) is 47.3 Å². The first-order valence-corrected chi connectivity index (χ1v) is 12.0. The predicted octanol–water partition coefficient (Wildman–Crippen LogP) is 5.67. The molecule has 0 saturated heterocycles. The molecule has 0 radical (unpaired) electrons. The van der Waals surface area contributed by atoms with Crippen LogP contribution < -0.4 is 0 Å². The number of ether oxygens (including phenoxy) is 1. The van der Waals surface area contributed by atoms with Crippen LogP contribution in [0.1, 0.15) is 59.3 Å². The molecule has 0 spiro atoms. The van der Waals surface area contributed by atoms with E-state index in [4.69, 9.17) is 4.74 Å². The Kier molecular flexibility index (Phi) is 4.06. The average molecular weight is 391 g/mol. The van der Waals surface area contributed by atoms with Crippen LogP contribution in [0.4, 0.5) is 0 Å². The van der Waals surface area contributed by atoms with Gasteiger partial charge in [0.2, 0.25) is 0 Å². The molecule has 154 valence electrons. The molecule has 0 saturated carbocycles. The van der Waals surface area contributed by atoms with E-state index in [1.54, 1.807) is 11.3 Å². The second-order valence-corrected chi connectivity index (χ2v) is 11.4. The summed E-state index contributed by atoms with van der Waals surface area (Å²) in [5.74, 6) is 4.70. The summed E-state index contributed by atoms with van der Waals surface area (Å²) in [6.45, 7) is 9.80. The summed E-state index contributed by atoms with van der Waals surface area (Å²) in [5.41, 5.74) is 5.30. The zero-order chi connectivity index (χ0) is 19.8. The highest BCUT2D eigenvalue weighted by Crippen LogP contribution is 2.53. The van der Waals surface area contributed by atoms with Crippen molar-refractivity contribution < 1.29 is 9.31 Å². The molecule has 29 heavy (non-hydrogen) atoms. The quantitative estimate of drug-likeness (QED) is 0.415. The molecule has 6 unspecified atom stereocenters. The minimum atomic E-state index is 0.374. The van der Waals surface area contributed by atoms with Crippen LogP contribution in [0.2, 0.25) is 0 Å². The Bertz CT molecular complexity index is 877. The Labute approximate surface area is 176 Å². The minimum Gasteiger partial charge on any atom is -0.493 e. The fourth-order valence-electron chi connectivity index (χ4n) is 6.99. The highest BCUT2D eigenvalue weighted by molar-refractivity contribution is 5.87. The van der Waals surface area contributed by atoms with Crippen LogP contribution in [0.25, 0.3) is 0 Å². The lowest BCUT2D eigenvalue weighted by Crippen LogP contribution is -2.30. The molecule has 2 nitrogen and oxygen atoms in total. The summed E-state index contributed by atoms with van der Waals surface area (Å²) >= 11 is 0. The van der Waals surface area contributed by atoms with E-state index in [0.29, 0.717) is 29.3 Å². The maximum atomic E-state index is 6.86. The van der Waals surface area contributed by atoms with Gasteiger partial charge in [0.15, 0.2) is 5.71 Å². The molecule has 0 amide bonds. The molecule has 6 atom stereocenters. The smallest absolute Gasteiger partial charge is 0.164 e. The molecule has 3 aliphatic carbocycles. The van der Waals surface area contributed by atoms with Gasteiger partial charge in [-0.2, -0.15) is 0 Å². The number of allylic oxidation sites excluding steroid dienone is 6. The topological polar surface area (TPSA) is 12.2 Å². The lowest BCUT2D eigenvalue weighted by molar-refractivity contribution is -0.524. The molecule has 0 aromatic carbocycles. The van der Waals surface area contributed by atoms with Crippen LogP contribution in [0, 0.1) is 35.0 Å². The largest absolute Gasteiger partial charge is 0.493 e. The van der Waals surface area contributed by atoms with E-state index in [-0.39, 0.29) is 0 Å². The third kappa shape index (κ3) is 2.85. The first-order valence-electron chi connectivity index (χ1n) is 12.0. The van der Waals surface area contributed by atoms with Crippen molar-refractivity contribution in [3.8, 4) is 0 Å². The molecular formula is C27H36NO+. The Morgan fingerprint density at radius 3 is 2.79 bits per heavy atom. The molecule has 0 aromatic heterocycles. The van der Waals surface area contributed by atoms with E-state index in [1.807, 2.05) is 0 Å². The van der Waals surface area contributed by atoms with E-state index >= 15 is 0 Å². The molecule has 0 N–H and O–H groups in total. The van der Waals surface area contributed by atoms with Gasteiger partial charge < -0.3 is 4.74 Å². The third-order valence-corrected chi connectivity index (χ3v) is 8.77. The van der Waals surface area contributed by atoms with Crippen molar-refractivity contribution in [2.24, 2.45) is 35.0 Å². The van der Waals surface area contributed by atoms with Gasteiger partial charge in [-0.25, -0.2) is 4.58 Å². The van der Waals surface area contributed by atoms with Crippen LogP contribution in [0.3, 0.4) is 0 Å². The molecule has 3 aliphatic heterocycles. The first kappa shape index (κ1) is 18.2. The van der Waals surface area contributed by atoms with E-state index < -0.39 is 0 Å². The number of hydrogen-bond acceptors (Lipinski definition) is 1. The van der Waals surface area contributed by atoms with Crippen LogP contribution in [-0.2, 0) is 4.74 Å². The van der Waals surface area contributed by atoms with E-state index in [1.165, 1.54) is 56.5 Å². The summed E-state index contributed by atoms with van der Waals surface area (Å²) in [5, 5.41) is 0. The van der Waals surface area contributed by atoms with Gasteiger partial charge >= 0.3 is 0 Å². The van der Waals surface area contributed by atoms with Crippen molar-refractivity contribution >= 4 is 5.71 Å². The molecular weight excluding hydrogens is 354 g/mol. The molecule has 6 aliphatic rings. The maximum Gasteiger partial charge on any atom is 0.164 e. The molecule has 0 aromatic rings. The summed E-state index contributed by atoms with van der Waals surface area (Å²) in [4.78, 5) is 0. The fourth-order valence-corrected chi connectivity index (χ4v) is 6.99. The number of fused-ring (bicyclic) bond motifs is 5. The van der Waals surface area contributed by atoms with Crippen molar-refractivity contribution in [2.75, 3.05) is 13.1 Å². The van der Waals surface area contributed by atoms with Gasteiger partial charge in [-0.05, 0) is 48.7 Å². The van der Waals surface area contributed by atoms with Crippen molar-refractivity contribution in [1.29, 1.82) is 0 Å². The summed E-state index contributed by atoms with van der Waals surface area (Å²) < 4.78 is 9.62. The van der Waals surface area contributed by atoms with Gasteiger partial charge in [0.25, 0.3) is 0 Å². The van der Waals surface area contributed by atoms with Gasteiger partial charge in [-0.1, -0.05) is 51.2 Å². The number of rotatable bonds is 1. The Morgan fingerprint density at radius 2 is 2.00 bits per heavy atom. The van der Waals surface area contributed by atoms with Gasteiger partial charge in [0.1, 0.15) is 30.9 Å². The normalized spacial score (nSPS) is 40.4. The van der Waals surface area contributed by atoms with Crippen molar-refractivity contribution in [1.82, 2.24) is 0 Å². The standard InChI is InChI=1S/C27H36NO/c1-27(2,3)20-14-23-25-19(15-28(23)16-20)10-12-22-21-11-9-18(13-24(21)29-26(22)25)17-7-5-4-6-8-17/h5,7-9,11,18-21,24-25H,4,6,10,12-16H2,1-3H3/q+1. The lowest BCUT2D eigenvalue weighted by atomic mass is 9.71. The Morgan fingerprint density at radius 1 is 1.10 bits per heavy atom. The second-order valence-electron chi connectivity index (χ2n) is 11.4. The first-order chi connectivity index (χ1) is 14.0. The van der Waals surface area contributed by atoms with Gasteiger partial charge in [0, 0.05) is 30.1 Å². The van der Waals surface area contributed by atoms with Crippen LogP contribution >= 0.6 is 0 Å². The molecule has 6 rings (SSSR count). The lowest BCUT2D eigenvalue weighted by Gasteiger charge is -2.29. The molecule has 0 bridgehead atoms. The monoisotopic (exact) mass is 390 g/mol. The van der Waals surface area contributed by atoms with Gasteiger partial charge in [0.05, 0.1) is 0 Å². The Hall–Kier alpha value is -1.57. The SMILES string of the molecule is CC(C)(C)C1CC2=[N+](CC3CCC4=C(OC5CC(C6=CCCC=C6)C=CC45)C23)C1. The highest BCUT2D eigenvalue weighted by atomic mass is 16.5. The van der Waals surface area contributed by atoms with E-state index in [2.05, 4.69) is 55.7 Å². The van der Waals surface area contributed by atoms with Gasteiger partial charge in [-0.3, -0.25) is 0 Å². The zero-order valence-corrected chi connectivity index (χ0v) is 18.4. The highest BCUT2D eigenvalue weighted by Gasteiger charge is 2.56. The summed E-state index contributed by atoms with van der Waals surface area (Å²) in [6, 6.07) is 0. The molecule has 2 heteroatoms. The van der Waals surface area contributed by atoms with Gasteiger partial charge in [-0.15, -0.1) is 0 Å². The predicted molar refractivity (Wildman–Crippen MR) is 118 cm³/mol. The maximum absolute atomic E-state index is 6.86. The Balaban J connectivity index is 1.25. The van der Waals surface area contributed by atoms with Crippen LogP contribution in [0.5, 0.6) is 0 Å². The average Bonchev–Trinajstić information content (AvgIpc) is 3.37. The second kappa shape index (κ2) is 6.46. The molecule has 3 heterocycles. The number of hydrogen-bond donors (Lipinski definition) is 0. The summed E-state index contributed by atoms with van der Waals surface area (Å²) in [6.07, 6.45) is 20.0. The minimum absolute atomic E-state index is 0.374. The van der Waals surface area contributed by atoms with E-state index in [9.17, 15) is 0 Å².